The summed E-state index contributed by atoms with van der Waals surface area (Å²) in [4.78, 5) is 27.3. The van der Waals surface area contributed by atoms with Gasteiger partial charge in [0.25, 0.3) is 0 Å². The highest BCUT2D eigenvalue weighted by molar-refractivity contribution is 5.97. The first-order valence-corrected chi connectivity index (χ1v) is 8.54. The molecule has 2 aliphatic rings. The van der Waals surface area contributed by atoms with E-state index in [1.165, 1.54) is 19.3 Å². The standard InChI is InChI=1S/C17H30N2O2/c1-11(2)10-14-16(20)18-15(13-8-6-5-7-9-13)17(21)19(14)12(3)4/h11-15H,5-10H2,1-4H3,(H,18,20). The van der Waals surface area contributed by atoms with Crippen LogP contribution in [0.25, 0.3) is 0 Å². The Morgan fingerprint density at radius 3 is 2.24 bits per heavy atom. The van der Waals surface area contributed by atoms with Gasteiger partial charge in [-0.1, -0.05) is 33.1 Å². The first kappa shape index (κ1) is 16.3. The molecule has 1 aliphatic heterocycles. The molecule has 1 aliphatic carbocycles. The summed E-state index contributed by atoms with van der Waals surface area (Å²) in [6.07, 6.45) is 6.50. The first-order chi connectivity index (χ1) is 9.91. The Kier molecular flexibility index (Phi) is 5.28. The van der Waals surface area contributed by atoms with Gasteiger partial charge in [0.1, 0.15) is 12.1 Å². The number of nitrogens with one attached hydrogen (secondary N) is 1. The second-order valence-electron chi connectivity index (χ2n) is 7.37. The van der Waals surface area contributed by atoms with Gasteiger partial charge in [0, 0.05) is 6.04 Å². The zero-order chi connectivity index (χ0) is 15.6. The third kappa shape index (κ3) is 3.58. The van der Waals surface area contributed by atoms with Crippen molar-refractivity contribution in [1.29, 1.82) is 0 Å². The summed E-state index contributed by atoms with van der Waals surface area (Å²) in [5, 5.41) is 3.05. The summed E-state index contributed by atoms with van der Waals surface area (Å²) in [6.45, 7) is 8.23. The van der Waals surface area contributed by atoms with Crippen molar-refractivity contribution in [2.75, 3.05) is 0 Å². The fourth-order valence-electron chi connectivity index (χ4n) is 3.82. The minimum absolute atomic E-state index is 0.0487. The molecule has 1 N–H and O–H groups in total. The number of hydrogen-bond acceptors (Lipinski definition) is 2. The average molecular weight is 294 g/mol. The Labute approximate surface area is 128 Å². The van der Waals surface area contributed by atoms with Gasteiger partial charge in [0.05, 0.1) is 0 Å². The van der Waals surface area contributed by atoms with E-state index in [0.717, 1.165) is 19.3 Å². The van der Waals surface area contributed by atoms with Crippen molar-refractivity contribution in [2.24, 2.45) is 11.8 Å². The topological polar surface area (TPSA) is 49.4 Å². The van der Waals surface area contributed by atoms with Crippen molar-refractivity contribution in [3.63, 3.8) is 0 Å². The Morgan fingerprint density at radius 2 is 1.71 bits per heavy atom. The lowest BCUT2D eigenvalue weighted by Crippen LogP contribution is -2.67. The van der Waals surface area contributed by atoms with Crippen LogP contribution in [0.5, 0.6) is 0 Å². The zero-order valence-corrected chi connectivity index (χ0v) is 13.9. The van der Waals surface area contributed by atoms with Gasteiger partial charge in [-0.05, 0) is 44.9 Å². The highest BCUT2D eigenvalue weighted by Gasteiger charge is 2.44. The number of hydrogen-bond donors (Lipinski definition) is 1. The molecule has 0 aromatic carbocycles. The van der Waals surface area contributed by atoms with E-state index in [1.807, 2.05) is 18.7 Å². The molecule has 1 saturated heterocycles. The third-order valence-corrected chi connectivity index (χ3v) is 4.83. The predicted molar refractivity (Wildman–Crippen MR) is 83.7 cm³/mol. The van der Waals surface area contributed by atoms with E-state index in [9.17, 15) is 9.59 Å². The van der Waals surface area contributed by atoms with Crippen LogP contribution >= 0.6 is 0 Å². The fraction of sp³-hybridized carbons (Fsp3) is 0.882. The summed E-state index contributed by atoms with van der Waals surface area (Å²) >= 11 is 0. The number of carbonyl (C=O) groups excluding carboxylic acids is 2. The molecule has 21 heavy (non-hydrogen) atoms. The molecule has 2 unspecified atom stereocenters. The molecule has 4 nitrogen and oxygen atoms in total. The Bertz CT molecular complexity index is 386. The average Bonchev–Trinajstić information content (AvgIpc) is 2.42. The van der Waals surface area contributed by atoms with Gasteiger partial charge in [0.2, 0.25) is 11.8 Å². The molecule has 1 saturated carbocycles. The van der Waals surface area contributed by atoms with E-state index < -0.39 is 0 Å². The normalized spacial score (nSPS) is 28.4. The molecular weight excluding hydrogens is 264 g/mol. The van der Waals surface area contributed by atoms with Crippen molar-refractivity contribution < 1.29 is 9.59 Å². The van der Waals surface area contributed by atoms with Crippen LogP contribution in [0.2, 0.25) is 0 Å². The second kappa shape index (κ2) is 6.80. The third-order valence-electron chi connectivity index (χ3n) is 4.83. The second-order valence-corrected chi connectivity index (χ2v) is 7.37. The van der Waals surface area contributed by atoms with Crippen molar-refractivity contribution in [3.05, 3.63) is 0 Å². The maximum absolute atomic E-state index is 12.9. The SMILES string of the molecule is CC(C)CC1C(=O)NC(C2CCCCC2)C(=O)N1C(C)C. The van der Waals surface area contributed by atoms with Gasteiger partial charge in [-0.3, -0.25) is 9.59 Å². The van der Waals surface area contributed by atoms with Gasteiger partial charge in [-0.2, -0.15) is 0 Å². The van der Waals surface area contributed by atoms with Crippen LogP contribution in [0.4, 0.5) is 0 Å². The molecule has 120 valence electrons. The summed E-state index contributed by atoms with van der Waals surface area (Å²) in [5.41, 5.74) is 0. The predicted octanol–water partition coefficient (Wildman–Crippen LogP) is 2.72. The number of rotatable bonds is 4. The molecule has 4 heteroatoms. The van der Waals surface area contributed by atoms with Crippen molar-refractivity contribution in [2.45, 2.75) is 84.3 Å². The van der Waals surface area contributed by atoms with Crippen LogP contribution in [0.1, 0.15) is 66.2 Å². The quantitative estimate of drug-likeness (QED) is 0.866. The van der Waals surface area contributed by atoms with E-state index in [2.05, 4.69) is 19.2 Å². The minimum atomic E-state index is -0.294. The van der Waals surface area contributed by atoms with E-state index in [-0.39, 0.29) is 29.9 Å². The first-order valence-electron chi connectivity index (χ1n) is 8.54. The largest absolute Gasteiger partial charge is 0.342 e. The van der Waals surface area contributed by atoms with Crippen LogP contribution in [0, 0.1) is 11.8 Å². The molecule has 0 bridgehead atoms. The van der Waals surface area contributed by atoms with E-state index in [4.69, 9.17) is 0 Å². The maximum atomic E-state index is 12.9. The molecule has 1 heterocycles. The molecule has 2 amide bonds. The maximum Gasteiger partial charge on any atom is 0.246 e. The lowest BCUT2D eigenvalue weighted by Gasteiger charge is -2.44. The van der Waals surface area contributed by atoms with Gasteiger partial charge in [0.15, 0.2) is 0 Å². The number of amides is 2. The summed E-state index contributed by atoms with van der Waals surface area (Å²) in [5.74, 6) is 0.923. The summed E-state index contributed by atoms with van der Waals surface area (Å²) in [6, 6.07) is -0.501. The summed E-state index contributed by atoms with van der Waals surface area (Å²) < 4.78 is 0. The molecule has 2 atom stereocenters. The highest BCUT2D eigenvalue weighted by Crippen LogP contribution is 2.30. The Hall–Kier alpha value is -1.06. The van der Waals surface area contributed by atoms with Crippen molar-refractivity contribution in [1.82, 2.24) is 10.2 Å². The van der Waals surface area contributed by atoms with Crippen LogP contribution in [-0.4, -0.2) is 34.8 Å². The number of piperazine rings is 1. The Balaban J connectivity index is 2.18. The van der Waals surface area contributed by atoms with Gasteiger partial charge in [-0.15, -0.1) is 0 Å². The molecule has 2 fully saturated rings. The monoisotopic (exact) mass is 294 g/mol. The molecule has 0 aromatic heterocycles. The molecular formula is C17H30N2O2. The van der Waals surface area contributed by atoms with Crippen molar-refractivity contribution >= 4 is 11.8 Å². The highest BCUT2D eigenvalue weighted by atomic mass is 16.2. The van der Waals surface area contributed by atoms with Crippen molar-refractivity contribution in [3.8, 4) is 0 Å². The molecule has 2 rings (SSSR count). The molecule has 0 radical (unpaired) electrons. The van der Waals surface area contributed by atoms with Gasteiger partial charge < -0.3 is 10.2 Å². The van der Waals surface area contributed by atoms with Gasteiger partial charge in [-0.25, -0.2) is 0 Å². The number of carbonyl (C=O) groups is 2. The smallest absolute Gasteiger partial charge is 0.246 e. The lowest BCUT2D eigenvalue weighted by molar-refractivity contribution is -0.154. The zero-order valence-electron chi connectivity index (χ0n) is 13.9. The fourth-order valence-corrected chi connectivity index (χ4v) is 3.82. The van der Waals surface area contributed by atoms with Crippen LogP contribution in [0.3, 0.4) is 0 Å². The van der Waals surface area contributed by atoms with E-state index >= 15 is 0 Å². The van der Waals surface area contributed by atoms with Crippen LogP contribution < -0.4 is 5.32 Å². The number of nitrogens with zero attached hydrogens (tertiary/aromatic N) is 1. The van der Waals surface area contributed by atoms with Crippen LogP contribution in [-0.2, 0) is 9.59 Å². The minimum Gasteiger partial charge on any atom is -0.342 e. The van der Waals surface area contributed by atoms with E-state index in [0.29, 0.717) is 11.8 Å². The summed E-state index contributed by atoms with van der Waals surface area (Å²) in [7, 11) is 0. The van der Waals surface area contributed by atoms with Crippen LogP contribution in [0.15, 0.2) is 0 Å². The molecule has 0 aromatic rings. The molecule has 0 spiro atoms. The lowest BCUT2D eigenvalue weighted by atomic mass is 9.81. The van der Waals surface area contributed by atoms with E-state index in [1.54, 1.807) is 0 Å². The Morgan fingerprint density at radius 1 is 1.10 bits per heavy atom. The van der Waals surface area contributed by atoms with Gasteiger partial charge >= 0.3 is 0 Å².